The number of benzene rings is 1. The molecule has 7 nitrogen and oxygen atoms in total. The lowest BCUT2D eigenvalue weighted by atomic mass is 10.2. The minimum atomic E-state index is -1.10. The average Bonchev–Trinajstić information content (AvgIpc) is 2.86. The third kappa shape index (κ3) is 4.09. The fraction of sp³-hybridized carbons (Fsp3) is 0.167. The number of nitrogens with zero attached hydrogens (tertiary/aromatic N) is 2. The van der Waals surface area contributed by atoms with Gasteiger partial charge in [-0.15, -0.1) is 10.2 Å². The highest BCUT2D eigenvalue weighted by atomic mass is 35.5. The molecule has 1 amide bonds. The maximum atomic E-state index is 12.1. The van der Waals surface area contributed by atoms with Crippen LogP contribution in [0.5, 0.6) is 0 Å². The first kappa shape index (κ1) is 16.5. The van der Waals surface area contributed by atoms with Gasteiger partial charge in [0.25, 0.3) is 0 Å². The van der Waals surface area contributed by atoms with E-state index >= 15 is 0 Å². The summed E-state index contributed by atoms with van der Waals surface area (Å²) in [5.41, 5.74) is 5.76. The summed E-state index contributed by atoms with van der Waals surface area (Å²) in [4.78, 5) is 23.1. The molecule has 1 heterocycles. The normalized spacial score (nSPS) is 11.9. The van der Waals surface area contributed by atoms with Crippen LogP contribution in [0.2, 0.25) is 5.02 Å². The van der Waals surface area contributed by atoms with E-state index in [1.165, 1.54) is 41.3 Å². The van der Waals surface area contributed by atoms with Crippen LogP contribution in [0.3, 0.4) is 0 Å². The molecule has 2 aromatic rings. The minimum absolute atomic E-state index is 0.0388. The summed E-state index contributed by atoms with van der Waals surface area (Å²) < 4.78 is 0.575. The number of carbonyl (C=O) groups excluding carboxylic acids is 1. The minimum Gasteiger partial charge on any atom is -0.478 e. The fourth-order valence-electron chi connectivity index (χ4n) is 1.46. The van der Waals surface area contributed by atoms with Crippen LogP contribution in [0.1, 0.15) is 17.3 Å². The Bertz CT molecular complexity index is 722. The second kappa shape index (κ2) is 6.95. The number of carbonyl (C=O) groups is 2. The molecular weight excluding hydrogens is 348 g/mol. The Balaban J connectivity index is 2.07. The van der Waals surface area contributed by atoms with Crippen LogP contribution in [-0.2, 0) is 4.79 Å². The van der Waals surface area contributed by atoms with Crippen molar-refractivity contribution < 1.29 is 14.7 Å². The van der Waals surface area contributed by atoms with Crippen molar-refractivity contribution >= 4 is 57.4 Å². The molecule has 10 heteroatoms. The van der Waals surface area contributed by atoms with Crippen molar-refractivity contribution in [1.82, 2.24) is 10.2 Å². The number of nitrogens with one attached hydrogen (secondary N) is 1. The zero-order valence-electron chi connectivity index (χ0n) is 11.2. The molecule has 1 unspecified atom stereocenters. The van der Waals surface area contributed by atoms with Crippen molar-refractivity contribution in [3.63, 3.8) is 0 Å². The smallest absolute Gasteiger partial charge is 0.335 e. The third-order valence-corrected chi connectivity index (χ3v) is 4.81. The monoisotopic (exact) mass is 358 g/mol. The average molecular weight is 359 g/mol. The highest BCUT2D eigenvalue weighted by Crippen LogP contribution is 2.29. The largest absolute Gasteiger partial charge is 0.478 e. The molecule has 1 atom stereocenters. The van der Waals surface area contributed by atoms with E-state index < -0.39 is 11.2 Å². The number of nitrogens with two attached hydrogens (primary N) is 1. The first-order chi connectivity index (χ1) is 10.4. The molecular formula is C12H11ClN4O3S2. The summed E-state index contributed by atoms with van der Waals surface area (Å²) >= 11 is 8.35. The Kier molecular flexibility index (Phi) is 5.22. The van der Waals surface area contributed by atoms with E-state index in [1.54, 1.807) is 6.92 Å². The number of aromatic nitrogens is 2. The van der Waals surface area contributed by atoms with Crippen molar-refractivity contribution in [3.05, 3.63) is 28.8 Å². The molecule has 0 aliphatic rings. The van der Waals surface area contributed by atoms with Crippen LogP contribution in [0.15, 0.2) is 22.5 Å². The molecule has 0 saturated heterocycles. The van der Waals surface area contributed by atoms with E-state index in [-0.39, 0.29) is 22.2 Å². The fourth-order valence-corrected chi connectivity index (χ4v) is 3.41. The van der Waals surface area contributed by atoms with Gasteiger partial charge in [0, 0.05) is 0 Å². The van der Waals surface area contributed by atoms with Crippen molar-refractivity contribution in [2.45, 2.75) is 16.5 Å². The molecule has 0 radical (unpaired) electrons. The number of carboxylic acid groups (broad SMARTS) is 1. The van der Waals surface area contributed by atoms with Crippen molar-refractivity contribution in [2.24, 2.45) is 0 Å². The predicted octanol–water partition coefficient (Wildman–Crippen LogP) is 2.59. The number of halogens is 1. The van der Waals surface area contributed by atoms with Gasteiger partial charge in [-0.25, -0.2) is 4.79 Å². The third-order valence-electron chi connectivity index (χ3n) is 2.54. The van der Waals surface area contributed by atoms with Crippen molar-refractivity contribution in [2.75, 3.05) is 11.1 Å². The second-order valence-electron chi connectivity index (χ2n) is 4.16. The highest BCUT2D eigenvalue weighted by molar-refractivity contribution is 8.02. The Morgan fingerprint density at radius 2 is 2.18 bits per heavy atom. The predicted molar refractivity (Wildman–Crippen MR) is 86.7 cm³/mol. The lowest BCUT2D eigenvalue weighted by molar-refractivity contribution is -0.115. The molecule has 0 aliphatic heterocycles. The van der Waals surface area contributed by atoms with Gasteiger partial charge >= 0.3 is 5.97 Å². The van der Waals surface area contributed by atoms with E-state index in [0.29, 0.717) is 9.47 Å². The number of carboxylic acids is 1. The first-order valence-electron chi connectivity index (χ1n) is 5.96. The van der Waals surface area contributed by atoms with Gasteiger partial charge in [-0.1, -0.05) is 34.7 Å². The molecule has 0 saturated carbocycles. The summed E-state index contributed by atoms with van der Waals surface area (Å²) in [6.45, 7) is 1.69. The van der Waals surface area contributed by atoms with Crippen LogP contribution in [0.25, 0.3) is 0 Å². The molecule has 1 aromatic carbocycles. The van der Waals surface area contributed by atoms with Crippen LogP contribution < -0.4 is 11.1 Å². The molecule has 4 N–H and O–H groups in total. The van der Waals surface area contributed by atoms with E-state index in [1.807, 2.05) is 0 Å². The van der Waals surface area contributed by atoms with E-state index in [4.69, 9.17) is 22.4 Å². The second-order valence-corrected chi connectivity index (χ2v) is 7.16. The molecule has 22 heavy (non-hydrogen) atoms. The maximum absolute atomic E-state index is 12.1. The SMILES string of the molecule is CC(Sc1nnc(N)s1)C(=O)Nc1cc(C(=O)O)ccc1Cl. The molecule has 1 aromatic heterocycles. The number of anilines is 2. The Morgan fingerprint density at radius 1 is 1.45 bits per heavy atom. The first-order valence-corrected chi connectivity index (χ1v) is 8.03. The van der Waals surface area contributed by atoms with Gasteiger partial charge in [-0.05, 0) is 25.1 Å². The summed E-state index contributed by atoms with van der Waals surface area (Å²) in [6.07, 6.45) is 0. The van der Waals surface area contributed by atoms with E-state index in [9.17, 15) is 9.59 Å². The standard InChI is InChI=1S/C12H11ClN4O3S2/c1-5(21-12-17-16-11(14)22-12)9(18)15-8-4-6(10(19)20)2-3-7(8)13/h2-5H,1H3,(H2,14,16)(H,15,18)(H,19,20). The van der Waals surface area contributed by atoms with Gasteiger partial charge in [0.1, 0.15) is 0 Å². The van der Waals surface area contributed by atoms with Crippen LogP contribution in [-0.4, -0.2) is 32.4 Å². The van der Waals surface area contributed by atoms with Gasteiger partial charge in [-0.3, -0.25) is 4.79 Å². The number of aromatic carboxylic acids is 1. The highest BCUT2D eigenvalue weighted by Gasteiger charge is 2.18. The topological polar surface area (TPSA) is 118 Å². The van der Waals surface area contributed by atoms with Gasteiger partial charge in [0.2, 0.25) is 11.0 Å². The van der Waals surface area contributed by atoms with Crippen LogP contribution in [0.4, 0.5) is 10.8 Å². The quantitative estimate of drug-likeness (QED) is 0.703. The lowest BCUT2D eigenvalue weighted by Gasteiger charge is -2.12. The number of thioether (sulfide) groups is 1. The van der Waals surface area contributed by atoms with Crippen molar-refractivity contribution in [3.8, 4) is 0 Å². The summed E-state index contributed by atoms with van der Waals surface area (Å²) in [5, 5.41) is 19.2. The number of amides is 1. The van der Waals surface area contributed by atoms with Crippen LogP contribution in [0, 0.1) is 0 Å². The Hall–Kier alpha value is -1.84. The number of hydrogen-bond acceptors (Lipinski definition) is 7. The summed E-state index contributed by atoms with van der Waals surface area (Å²) in [5.74, 6) is -1.43. The number of nitrogen functional groups attached to an aromatic ring is 1. The van der Waals surface area contributed by atoms with Crippen molar-refractivity contribution in [1.29, 1.82) is 0 Å². The van der Waals surface area contributed by atoms with Gasteiger partial charge in [0.15, 0.2) is 4.34 Å². The lowest BCUT2D eigenvalue weighted by Crippen LogP contribution is -2.22. The summed E-state index contributed by atoms with van der Waals surface area (Å²) in [6, 6.07) is 4.09. The molecule has 0 aliphatic carbocycles. The molecule has 2 rings (SSSR count). The molecule has 0 fully saturated rings. The van der Waals surface area contributed by atoms with Gasteiger partial charge in [-0.2, -0.15) is 0 Å². The summed E-state index contributed by atoms with van der Waals surface area (Å²) in [7, 11) is 0. The van der Waals surface area contributed by atoms with Gasteiger partial charge < -0.3 is 16.2 Å². The Labute approximate surface area is 138 Å². The molecule has 0 bridgehead atoms. The molecule has 0 spiro atoms. The van der Waals surface area contributed by atoms with Gasteiger partial charge in [0.05, 0.1) is 21.5 Å². The van der Waals surface area contributed by atoms with Crippen LogP contribution >= 0.6 is 34.7 Å². The zero-order chi connectivity index (χ0) is 16.3. The maximum Gasteiger partial charge on any atom is 0.335 e. The van der Waals surface area contributed by atoms with E-state index in [0.717, 1.165) is 0 Å². The molecule has 116 valence electrons. The number of rotatable bonds is 5. The van der Waals surface area contributed by atoms with E-state index in [2.05, 4.69) is 15.5 Å². The Morgan fingerprint density at radius 3 is 2.77 bits per heavy atom. The number of hydrogen-bond donors (Lipinski definition) is 3. The zero-order valence-corrected chi connectivity index (χ0v) is 13.6.